The highest BCUT2D eigenvalue weighted by Gasteiger charge is 2.42. The number of nitrogens with zero attached hydrogens (tertiary/aromatic N) is 1. The van der Waals surface area contributed by atoms with Gasteiger partial charge in [0.15, 0.2) is 0 Å². The third-order valence-corrected chi connectivity index (χ3v) is 3.97. The number of para-hydroxylation sites is 1. The van der Waals surface area contributed by atoms with Crippen LogP contribution in [0.1, 0.15) is 31.9 Å². The van der Waals surface area contributed by atoms with E-state index >= 15 is 0 Å². The molecule has 0 radical (unpaired) electrons. The Balaban J connectivity index is 2.17. The number of carbonyl (C=O) groups is 1. The highest BCUT2D eigenvalue weighted by atomic mass is 16.5. The molecule has 1 aliphatic rings. The van der Waals surface area contributed by atoms with Crippen LogP contribution in [0.2, 0.25) is 0 Å². The smallest absolute Gasteiger partial charge is 0.325 e. The number of aliphatic carboxylic acids is 1. The number of hydrogen-bond acceptors (Lipinski definition) is 4. The largest absolute Gasteiger partial charge is 0.494 e. The monoisotopic (exact) mass is 278 g/mol. The van der Waals surface area contributed by atoms with E-state index in [4.69, 9.17) is 10.5 Å². The molecule has 5 nitrogen and oxygen atoms in total. The van der Waals surface area contributed by atoms with Gasteiger partial charge in [0.25, 0.3) is 0 Å². The summed E-state index contributed by atoms with van der Waals surface area (Å²) >= 11 is 0. The maximum Gasteiger partial charge on any atom is 0.325 e. The molecule has 2 unspecified atom stereocenters. The van der Waals surface area contributed by atoms with E-state index in [0.717, 1.165) is 11.3 Å². The summed E-state index contributed by atoms with van der Waals surface area (Å²) < 4.78 is 5.64. The Morgan fingerprint density at radius 2 is 2.25 bits per heavy atom. The maximum absolute atomic E-state index is 11.2. The van der Waals surface area contributed by atoms with Gasteiger partial charge in [-0.2, -0.15) is 0 Å². The van der Waals surface area contributed by atoms with Gasteiger partial charge in [-0.15, -0.1) is 0 Å². The van der Waals surface area contributed by atoms with E-state index in [1.54, 1.807) is 0 Å². The van der Waals surface area contributed by atoms with E-state index < -0.39 is 11.5 Å². The minimum atomic E-state index is -1.13. The fourth-order valence-electron chi connectivity index (χ4n) is 2.68. The molecule has 0 amide bonds. The molecule has 3 N–H and O–H groups in total. The maximum atomic E-state index is 11.2. The predicted molar refractivity (Wildman–Crippen MR) is 76.8 cm³/mol. The molecule has 110 valence electrons. The van der Waals surface area contributed by atoms with Crippen molar-refractivity contribution in [1.82, 2.24) is 4.90 Å². The van der Waals surface area contributed by atoms with Gasteiger partial charge < -0.3 is 15.6 Å². The Kier molecular flexibility index (Phi) is 4.30. The standard InChI is InChI=1S/C15H22N2O3/c1-3-20-13-7-5-4-6-12(13)11(2)17-9-8-15(16,10-17)14(18)19/h4-7,11H,3,8-10,16H2,1-2H3,(H,18,19). The molecule has 1 saturated heterocycles. The molecule has 1 aromatic carbocycles. The van der Waals surface area contributed by atoms with Crippen molar-refractivity contribution in [2.75, 3.05) is 19.7 Å². The Labute approximate surface area is 119 Å². The number of benzene rings is 1. The van der Waals surface area contributed by atoms with Crippen LogP contribution >= 0.6 is 0 Å². The molecule has 5 heteroatoms. The molecular weight excluding hydrogens is 256 g/mol. The summed E-state index contributed by atoms with van der Waals surface area (Å²) in [5.74, 6) is -0.0716. The predicted octanol–water partition coefficient (Wildman–Crippen LogP) is 1.63. The summed E-state index contributed by atoms with van der Waals surface area (Å²) in [6.07, 6.45) is 0.476. The number of ether oxygens (including phenoxy) is 1. The molecule has 20 heavy (non-hydrogen) atoms. The Morgan fingerprint density at radius 3 is 2.85 bits per heavy atom. The van der Waals surface area contributed by atoms with Crippen molar-refractivity contribution < 1.29 is 14.6 Å². The van der Waals surface area contributed by atoms with Crippen molar-refractivity contribution in [3.05, 3.63) is 29.8 Å². The first-order valence-electron chi connectivity index (χ1n) is 6.96. The fraction of sp³-hybridized carbons (Fsp3) is 0.533. The van der Waals surface area contributed by atoms with Gasteiger partial charge in [-0.1, -0.05) is 18.2 Å². The number of carboxylic acid groups (broad SMARTS) is 1. The molecule has 2 atom stereocenters. The first-order chi connectivity index (χ1) is 9.48. The normalized spacial score (nSPS) is 24.6. The van der Waals surface area contributed by atoms with Crippen LogP contribution in [0.4, 0.5) is 0 Å². The third-order valence-electron chi connectivity index (χ3n) is 3.97. The minimum Gasteiger partial charge on any atom is -0.494 e. The van der Waals surface area contributed by atoms with Crippen molar-refractivity contribution in [3.63, 3.8) is 0 Å². The van der Waals surface area contributed by atoms with Crippen LogP contribution in [0.15, 0.2) is 24.3 Å². The Morgan fingerprint density at radius 1 is 1.55 bits per heavy atom. The van der Waals surface area contributed by atoms with Gasteiger partial charge in [-0.05, 0) is 26.3 Å². The van der Waals surface area contributed by atoms with Crippen LogP contribution < -0.4 is 10.5 Å². The molecule has 1 aliphatic heterocycles. The zero-order valence-corrected chi connectivity index (χ0v) is 12.0. The van der Waals surface area contributed by atoms with Crippen LogP contribution in [0.25, 0.3) is 0 Å². The molecule has 0 saturated carbocycles. The second kappa shape index (κ2) is 5.81. The van der Waals surface area contributed by atoms with E-state index in [-0.39, 0.29) is 6.04 Å². The highest BCUT2D eigenvalue weighted by Crippen LogP contribution is 2.33. The van der Waals surface area contributed by atoms with Crippen LogP contribution in [0.5, 0.6) is 5.75 Å². The number of nitrogens with two attached hydrogens (primary N) is 1. The van der Waals surface area contributed by atoms with Crippen molar-refractivity contribution in [3.8, 4) is 5.75 Å². The Bertz CT molecular complexity index is 492. The number of carboxylic acids is 1. The van der Waals surface area contributed by atoms with Crippen LogP contribution in [-0.4, -0.2) is 41.2 Å². The zero-order chi connectivity index (χ0) is 14.8. The molecular formula is C15H22N2O3. The third kappa shape index (κ3) is 2.78. The summed E-state index contributed by atoms with van der Waals surface area (Å²) in [5.41, 5.74) is 5.88. The quantitative estimate of drug-likeness (QED) is 0.856. The lowest BCUT2D eigenvalue weighted by atomic mass is 10.0. The number of rotatable bonds is 5. The molecule has 0 aliphatic carbocycles. The van der Waals surface area contributed by atoms with Gasteiger partial charge in [0.2, 0.25) is 0 Å². The highest BCUT2D eigenvalue weighted by molar-refractivity contribution is 5.79. The molecule has 0 spiro atoms. The van der Waals surface area contributed by atoms with Gasteiger partial charge in [0, 0.05) is 24.7 Å². The van der Waals surface area contributed by atoms with Gasteiger partial charge in [-0.3, -0.25) is 9.69 Å². The lowest BCUT2D eigenvalue weighted by Gasteiger charge is -2.27. The summed E-state index contributed by atoms with van der Waals surface area (Å²) in [5, 5.41) is 9.21. The second-order valence-corrected chi connectivity index (χ2v) is 5.33. The van der Waals surface area contributed by atoms with Gasteiger partial charge >= 0.3 is 5.97 Å². The SMILES string of the molecule is CCOc1ccccc1C(C)N1CCC(N)(C(=O)O)C1. The summed E-state index contributed by atoms with van der Waals surface area (Å²) in [4.78, 5) is 13.3. The lowest BCUT2D eigenvalue weighted by Crippen LogP contribution is -2.50. The van der Waals surface area contributed by atoms with E-state index in [2.05, 4.69) is 11.8 Å². The molecule has 1 fully saturated rings. The molecule has 1 aromatic rings. The summed E-state index contributed by atoms with van der Waals surface area (Å²) in [6.45, 7) is 5.67. The van der Waals surface area contributed by atoms with Crippen LogP contribution in [0, 0.1) is 0 Å². The Hall–Kier alpha value is -1.59. The van der Waals surface area contributed by atoms with Gasteiger partial charge in [-0.25, -0.2) is 0 Å². The van der Waals surface area contributed by atoms with Crippen LogP contribution in [-0.2, 0) is 4.79 Å². The molecule has 1 heterocycles. The van der Waals surface area contributed by atoms with Crippen LogP contribution in [0.3, 0.4) is 0 Å². The summed E-state index contributed by atoms with van der Waals surface area (Å²) in [7, 11) is 0. The average molecular weight is 278 g/mol. The van der Waals surface area contributed by atoms with E-state index in [0.29, 0.717) is 26.1 Å². The first-order valence-corrected chi connectivity index (χ1v) is 6.96. The van der Waals surface area contributed by atoms with Crippen molar-refractivity contribution in [2.45, 2.75) is 31.8 Å². The van der Waals surface area contributed by atoms with Gasteiger partial charge in [0.1, 0.15) is 11.3 Å². The van der Waals surface area contributed by atoms with E-state index in [9.17, 15) is 9.90 Å². The average Bonchev–Trinajstić information content (AvgIpc) is 2.83. The molecule has 2 rings (SSSR count). The van der Waals surface area contributed by atoms with Crippen molar-refractivity contribution in [1.29, 1.82) is 0 Å². The zero-order valence-electron chi connectivity index (χ0n) is 12.0. The lowest BCUT2D eigenvalue weighted by molar-refractivity contribution is -0.142. The van der Waals surface area contributed by atoms with Crippen molar-refractivity contribution in [2.24, 2.45) is 5.73 Å². The van der Waals surface area contributed by atoms with E-state index in [1.165, 1.54) is 0 Å². The first kappa shape index (κ1) is 14.8. The van der Waals surface area contributed by atoms with Crippen molar-refractivity contribution >= 4 is 5.97 Å². The number of likely N-dealkylation sites (tertiary alicyclic amines) is 1. The second-order valence-electron chi connectivity index (χ2n) is 5.33. The van der Waals surface area contributed by atoms with Gasteiger partial charge in [0.05, 0.1) is 6.61 Å². The fourth-order valence-corrected chi connectivity index (χ4v) is 2.68. The minimum absolute atomic E-state index is 0.0857. The topological polar surface area (TPSA) is 75.8 Å². The molecule has 0 bridgehead atoms. The summed E-state index contributed by atoms with van der Waals surface area (Å²) in [6, 6.07) is 7.96. The number of hydrogen-bond donors (Lipinski definition) is 2. The molecule has 0 aromatic heterocycles. The van der Waals surface area contributed by atoms with E-state index in [1.807, 2.05) is 31.2 Å².